The second-order valence-corrected chi connectivity index (χ2v) is 31.6. The summed E-state index contributed by atoms with van der Waals surface area (Å²) in [7, 11) is 1.53. The summed E-state index contributed by atoms with van der Waals surface area (Å²) in [6, 6.07) is -6.07. The number of carbonyl (C=O) groups is 16. The molecule has 2 aromatic carbocycles. The number of anilines is 3. The highest BCUT2D eigenvalue weighted by atomic mass is 19.1. The van der Waals surface area contributed by atoms with Crippen LogP contribution in [0.1, 0.15) is 127 Å². The number of aromatic nitrogens is 3. The van der Waals surface area contributed by atoms with Crippen molar-refractivity contribution in [3.63, 3.8) is 0 Å². The van der Waals surface area contributed by atoms with Crippen molar-refractivity contribution in [3.8, 4) is 11.5 Å². The van der Waals surface area contributed by atoms with Crippen molar-refractivity contribution in [1.82, 2.24) is 88.4 Å². The molecule has 11 atom stereocenters. The minimum absolute atomic E-state index is 0.00409. The van der Waals surface area contributed by atoms with Crippen LogP contribution in [0.25, 0.3) is 32.8 Å². The van der Waals surface area contributed by atoms with Crippen molar-refractivity contribution >= 4 is 152 Å². The first-order valence-corrected chi connectivity index (χ1v) is 41.8. The lowest BCUT2D eigenvalue weighted by molar-refractivity contribution is -0.674. The topological polar surface area (TPSA) is 725 Å². The molecule has 6 heterocycles. The fraction of sp³-hybridized carbons (Fsp3) is 0.525. The molecule has 8 rings (SSSR count). The van der Waals surface area contributed by atoms with E-state index in [0.717, 1.165) is 32.2 Å². The van der Waals surface area contributed by atoms with Crippen LogP contribution in [-0.4, -0.2) is 318 Å². The Kier molecular flexibility index (Phi) is 36.9. The average Bonchev–Trinajstić information content (AvgIpc) is 0.753. The number of piperazine rings is 1. The van der Waals surface area contributed by atoms with Crippen molar-refractivity contribution in [2.24, 2.45) is 12.8 Å². The van der Waals surface area contributed by atoms with Gasteiger partial charge in [-0.1, -0.05) is 0 Å². The van der Waals surface area contributed by atoms with E-state index in [0.29, 0.717) is 5.52 Å². The van der Waals surface area contributed by atoms with Gasteiger partial charge in [-0.2, -0.15) is 0 Å². The maximum atomic E-state index is 15.6. The number of aryl methyl sites for hydroxylation is 1. The molecule has 2 unspecified atom stereocenters. The van der Waals surface area contributed by atoms with Gasteiger partial charge in [0.05, 0.1) is 48.6 Å². The molecule has 0 radical (unpaired) electrons. The van der Waals surface area contributed by atoms with E-state index in [9.17, 15) is 128 Å². The summed E-state index contributed by atoms with van der Waals surface area (Å²) >= 11 is 0. The van der Waals surface area contributed by atoms with E-state index in [4.69, 9.17) is 11.1 Å². The number of pyridine rings is 3. The number of hydroxylamine groups is 4. The number of aliphatic hydroxyl groups is 4. The number of nitrogens with zero attached hydrogens (tertiary/aromatic N) is 7. The highest BCUT2D eigenvalue weighted by molar-refractivity contribution is 6.02. The highest BCUT2D eigenvalue weighted by Crippen LogP contribution is 2.36. The summed E-state index contributed by atoms with van der Waals surface area (Å²) in [5, 5.41) is 137. The van der Waals surface area contributed by atoms with E-state index in [-0.39, 0.29) is 209 Å². The average molecular weight is 1830 g/mol. The van der Waals surface area contributed by atoms with E-state index in [1.54, 1.807) is 4.90 Å². The van der Waals surface area contributed by atoms with Gasteiger partial charge in [0.15, 0.2) is 23.5 Å². The number of phenolic OH excluding ortho intramolecular Hbond substituents is 2. The summed E-state index contributed by atoms with van der Waals surface area (Å²) in [5.74, 6) is -16.1. The van der Waals surface area contributed by atoms with Crippen LogP contribution in [0.15, 0.2) is 47.4 Å². The normalized spacial score (nSPS) is 18.4. The smallest absolute Gasteiger partial charge is 0.341 e. The molecule has 5 aromatic rings. The molecule has 0 spiro atoms. The summed E-state index contributed by atoms with van der Waals surface area (Å²) < 4.78 is 18.3. The monoisotopic (exact) mass is 1830 g/mol. The number of nitrogens with one attached hydrogen (secondary N) is 15. The molecule has 0 bridgehead atoms. The number of benzene rings is 2. The molecule has 0 aliphatic carbocycles. The van der Waals surface area contributed by atoms with Gasteiger partial charge in [-0.3, -0.25) is 97.9 Å². The molecule has 50 heteroatoms. The van der Waals surface area contributed by atoms with Gasteiger partial charge in [-0.15, -0.1) is 0 Å². The number of fused-ring (bicyclic) bond motifs is 5. The molecule has 3 aliphatic heterocycles. The van der Waals surface area contributed by atoms with Gasteiger partial charge < -0.3 is 125 Å². The zero-order valence-electron chi connectivity index (χ0n) is 71.6. The van der Waals surface area contributed by atoms with Crippen molar-refractivity contribution in [3.05, 3.63) is 64.2 Å². The molecule has 708 valence electrons. The zero-order chi connectivity index (χ0) is 95.5. The molecule has 2 saturated heterocycles. The molecule has 3 aliphatic rings. The van der Waals surface area contributed by atoms with Crippen molar-refractivity contribution in [2.45, 2.75) is 177 Å². The summed E-state index contributed by atoms with van der Waals surface area (Å²) in [5.41, 5.74) is 2.83. The van der Waals surface area contributed by atoms with Crippen LogP contribution in [0.3, 0.4) is 0 Å². The number of hydrogen-bond acceptors (Lipinski definition) is 29. The number of phenols is 2. The Balaban J connectivity index is 0.883. The maximum absolute atomic E-state index is 15.6. The van der Waals surface area contributed by atoms with Gasteiger partial charge >= 0.3 is 5.97 Å². The number of nitrogens with two attached hydrogens (primary N) is 1. The first-order chi connectivity index (χ1) is 61.7. The first kappa shape index (κ1) is 102. The van der Waals surface area contributed by atoms with Crippen molar-refractivity contribution in [2.75, 3.05) is 101 Å². The number of carboxylic acids is 1. The summed E-state index contributed by atoms with van der Waals surface area (Å²) in [6.45, 7) is 0.643. The van der Waals surface area contributed by atoms with Gasteiger partial charge in [-0.05, 0) is 109 Å². The molecule has 0 saturated carbocycles. The fourth-order valence-electron chi connectivity index (χ4n) is 14.7. The van der Waals surface area contributed by atoms with Gasteiger partial charge in [0, 0.05) is 128 Å². The third-order valence-corrected chi connectivity index (χ3v) is 21.8. The lowest BCUT2D eigenvalue weighted by Crippen LogP contribution is -2.65. The number of hydrogen-bond donors (Lipinski definition) is 25. The Morgan fingerprint density at radius 3 is 1.94 bits per heavy atom. The molecular weight excluding hydrogens is 1720 g/mol. The highest BCUT2D eigenvalue weighted by Gasteiger charge is 2.43. The minimum Gasteiger partial charge on any atom is -0.504 e. The number of aromatic hydroxyl groups is 2. The lowest BCUT2D eigenvalue weighted by atomic mass is 9.92. The molecule has 15 amide bonds. The SMILES string of the molecule is CC(O)[C@H]1NC(=O)[C@H](CCCN(O)C=O)NC(=O)[C@@H](NC(=O)[C@](C)(CCCN(O)C=O)NC(=O)[C@@H](CO)NC(=O)[C@H](CCCNC(=N)N)NC(=O)[C@@H](CO)NC(=O)[C@@H]2CCNc3c(NC(=O)CCC(=O)NCCNC(=O)CCC(=O)N4CCN(c5cc6nc7c(cc6cc5F)c(=O)c(C(=O)O)cn7C)CC4)cc4cc(O)c(O)cc4[n+]32)CCCCNC(=O)[C@@H](C(C)O)NC1=O. The predicted octanol–water partition coefficient (Wildman–Crippen LogP) is -6.95. The molecule has 3 aromatic heterocycles. The van der Waals surface area contributed by atoms with Gasteiger partial charge in [0.1, 0.15) is 76.1 Å². The minimum atomic E-state index is -2.25. The fourth-order valence-corrected chi connectivity index (χ4v) is 14.7. The summed E-state index contributed by atoms with van der Waals surface area (Å²) in [4.78, 5) is 236. The van der Waals surface area contributed by atoms with E-state index >= 15 is 4.39 Å². The van der Waals surface area contributed by atoms with Gasteiger partial charge in [-0.25, -0.2) is 28.9 Å². The first-order valence-electron chi connectivity index (χ1n) is 41.8. The number of halogens is 1. The third kappa shape index (κ3) is 27.6. The quantitative estimate of drug-likeness (QED) is 0.00199. The number of aromatic carboxylic acids is 1. The second kappa shape index (κ2) is 47.3. The van der Waals surface area contributed by atoms with Crippen molar-refractivity contribution < 1.29 is 132 Å². The summed E-state index contributed by atoms with van der Waals surface area (Å²) in [6.07, 6.45) is -5.25. The van der Waals surface area contributed by atoms with Crippen LogP contribution >= 0.6 is 0 Å². The van der Waals surface area contributed by atoms with Crippen molar-refractivity contribution in [1.29, 1.82) is 5.41 Å². The maximum Gasteiger partial charge on any atom is 0.341 e. The number of carbonyl (C=O) groups excluding carboxylic acids is 15. The second-order valence-electron chi connectivity index (χ2n) is 31.6. The Hall–Kier alpha value is -13.9. The number of guanidine groups is 1. The zero-order valence-corrected chi connectivity index (χ0v) is 71.6. The van der Waals surface area contributed by atoms with E-state index in [1.165, 1.54) is 52.3 Å². The van der Waals surface area contributed by atoms with Gasteiger partial charge in [0.2, 0.25) is 89.1 Å². The Labute approximate surface area is 740 Å². The van der Waals surface area contributed by atoms with E-state index in [2.05, 4.69) is 79.4 Å². The number of amides is 15. The lowest BCUT2D eigenvalue weighted by Gasteiger charge is -2.36. The standard InChI is InChI=1S/C80H110FN23O26/c1-41(109)64-75(124)87-19-6-5-10-50(70(119)91-49(12-8-24-102(129)39-107)71(120)96-65(42(2)110)76(125)97-64)95-78(128)80(3,18-9-25-103(130)40-108)98-73(122)54(38-106)93-69(118)48(11-7-20-88-79(82)83)92-72(121)53(37-105)94-74(123)55-17-21-86-68-52(32-44-33-58(111)59(112)35-56(44)104(55)68)89-62(115)14-13-60(113)84-22-23-85-61(114)15-16-63(116)101-28-26-100(27-29-101)57-34-51-43(31-47(57)81)30-45-66(117)46(77(126)127)36-99(4)67(45)90-51/h30-36,39-42,48-50,53-55,64-65,105-106,109-110,129-130H,5-29,37-38H2,1-4H3,(H19,82,83,84,85,86,87,88,89,91,92,93,94,95,96,97,98,111,112,113,114,115,118,119,120,121,122,123,124,125,126,127,128)/p+1/t41?,42?,48-,49-,50-,53+,54+,55-,64+,65+,80-/m0/s1. The van der Waals surface area contributed by atoms with Crippen LogP contribution in [0.5, 0.6) is 11.5 Å². The molecular formula is C80H111FN23O26+. The Bertz CT molecular complexity index is 5130. The predicted molar refractivity (Wildman–Crippen MR) is 454 cm³/mol. The van der Waals surface area contributed by atoms with Crippen LogP contribution in [0, 0.1) is 11.2 Å². The number of rotatable bonds is 40. The number of aliphatic hydroxyl groups excluding tert-OH is 4. The third-order valence-electron chi connectivity index (χ3n) is 21.8. The van der Waals surface area contributed by atoms with Crippen LogP contribution in [0.2, 0.25) is 0 Å². The molecule has 26 N–H and O–H groups in total. The largest absolute Gasteiger partial charge is 0.504 e. The van der Waals surface area contributed by atoms with Gasteiger partial charge in [0.25, 0.3) is 11.7 Å². The number of carboxylic acid groups (broad SMARTS) is 1. The molecule has 2 fully saturated rings. The molecule has 130 heavy (non-hydrogen) atoms. The molecule has 49 nitrogen and oxygen atoms in total. The van der Waals surface area contributed by atoms with Crippen LogP contribution in [-0.2, 0) is 79.0 Å². The van der Waals surface area contributed by atoms with E-state index < -0.39 is 216 Å². The van der Waals surface area contributed by atoms with Crippen LogP contribution in [0.4, 0.5) is 21.6 Å². The Morgan fingerprint density at radius 2 is 1.30 bits per heavy atom. The van der Waals surface area contributed by atoms with Crippen LogP contribution < -0.4 is 95.1 Å². The Morgan fingerprint density at radius 1 is 0.692 bits per heavy atom. The van der Waals surface area contributed by atoms with E-state index in [1.807, 2.05) is 0 Å².